The highest BCUT2D eigenvalue weighted by atomic mass is 32.2. The number of carbonyl (C=O) groups is 1. The van der Waals surface area contributed by atoms with Crippen LogP contribution >= 0.6 is 0 Å². The highest BCUT2D eigenvalue weighted by Gasteiger charge is 2.30. The van der Waals surface area contributed by atoms with Crippen LogP contribution in [-0.4, -0.2) is 30.7 Å². The van der Waals surface area contributed by atoms with E-state index in [1.165, 1.54) is 24.3 Å². The van der Waals surface area contributed by atoms with Gasteiger partial charge in [-0.1, -0.05) is 36.4 Å². The lowest BCUT2D eigenvalue weighted by Gasteiger charge is -2.25. The molecule has 1 fully saturated rings. The number of sulfonamides is 1. The van der Waals surface area contributed by atoms with Gasteiger partial charge in [0.15, 0.2) is 0 Å². The number of hydrogen-bond acceptors (Lipinski definition) is 5. The van der Waals surface area contributed by atoms with Crippen molar-refractivity contribution in [2.45, 2.75) is 30.7 Å². The summed E-state index contributed by atoms with van der Waals surface area (Å²) in [6.07, 6.45) is 1.82. The molecule has 0 aromatic heterocycles. The first-order valence-corrected chi connectivity index (χ1v) is 12.0. The van der Waals surface area contributed by atoms with Crippen LogP contribution in [0.3, 0.4) is 0 Å². The van der Waals surface area contributed by atoms with Gasteiger partial charge in [0.2, 0.25) is 0 Å². The predicted molar refractivity (Wildman–Crippen MR) is 125 cm³/mol. The summed E-state index contributed by atoms with van der Waals surface area (Å²) in [5.74, 6) is -0.107. The molecule has 1 aliphatic rings. The molecule has 0 aliphatic carbocycles. The van der Waals surface area contributed by atoms with E-state index in [0.717, 1.165) is 24.5 Å². The van der Waals surface area contributed by atoms with E-state index < -0.39 is 14.9 Å². The zero-order valence-corrected chi connectivity index (χ0v) is 18.8. The standard InChI is InChI=1S/C24H23N3O5S/c1-17-9-14-21(16-23(17)27(29)30)33(31,32)25-20-12-10-19(11-13-20)24(28)26-15-5-8-22(26)18-6-3-2-4-7-18/h2-4,6-7,9-14,16,22,25H,5,8,15H2,1H3. The van der Waals surface area contributed by atoms with Crippen molar-refractivity contribution in [2.24, 2.45) is 0 Å². The van der Waals surface area contributed by atoms with Crippen LogP contribution in [0.5, 0.6) is 0 Å². The van der Waals surface area contributed by atoms with E-state index in [2.05, 4.69) is 4.72 Å². The number of carbonyl (C=O) groups excluding carboxylic acids is 1. The van der Waals surface area contributed by atoms with E-state index in [4.69, 9.17) is 0 Å². The van der Waals surface area contributed by atoms with Crippen molar-refractivity contribution >= 4 is 27.3 Å². The van der Waals surface area contributed by atoms with E-state index >= 15 is 0 Å². The van der Waals surface area contributed by atoms with Gasteiger partial charge in [-0.2, -0.15) is 0 Å². The summed E-state index contributed by atoms with van der Waals surface area (Å²) in [5.41, 5.74) is 1.93. The molecular weight excluding hydrogens is 442 g/mol. The highest BCUT2D eigenvalue weighted by Crippen LogP contribution is 2.33. The van der Waals surface area contributed by atoms with Crippen molar-refractivity contribution in [1.29, 1.82) is 0 Å². The molecule has 0 saturated carbocycles. The smallest absolute Gasteiger partial charge is 0.273 e. The van der Waals surface area contributed by atoms with E-state index in [0.29, 0.717) is 17.7 Å². The third-order valence-corrected chi connectivity index (χ3v) is 7.15. The third-order valence-electron chi connectivity index (χ3n) is 5.77. The van der Waals surface area contributed by atoms with Crippen molar-refractivity contribution in [3.05, 3.63) is 99.6 Å². The molecule has 4 rings (SSSR count). The maximum absolute atomic E-state index is 13.1. The molecule has 170 valence electrons. The number of nitro groups is 1. The molecule has 1 heterocycles. The maximum atomic E-state index is 13.1. The Hall–Kier alpha value is -3.72. The van der Waals surface area contributed by atoms with E-state index in [-0.39, 0.29) is 28.2 Å². The average molecular weight is 466 g/mol. The Morgan fingerprint density at radius 3 is 2.42 bits per heavy atom. The lowest BCUT2D eigenvalue weighted by Crippen LogP contribution is -2.30. The molecule has 0 bridgehead atoms. The minimum absolute atomic E-state index is 0.0224. The molecule has 1 aliphatic heterocycles. The lowest BCUT2D eigenvalue weighted by molar-refractivity contribution is -0.385. The van der Waals surface area contributed by atoms with Gasteiger partial charge in [0, 0.05) is 29.4 Å². The number of nitrogens with zero attached hydrogens (tertiary/aromatic N) is 2. The second kappa shape index (κ2) is 9.03. The summed E-state index contributed by atoms with van der Waals surface area (Å²) in [5, 5.41) is 11.1. The van der Waals surface area contributed by atoms with Gasteiger partial charge < -0.3 is 4.90 Å². The Balaban J connectivity index is 1.51. The molecule has 1 saturated heterocycles. The van der Waals surface area contributed by atoms with Gasteiger partial charge in [-0.3, -0.25) is 19.6 Å². The third kappa shape index (κ3) is 4.73. The highest BCUT2D eigenvalue weighted by molar-refractivity contribution is 7.92. The summed E-state index contributed by atoms with van der Waals surface area (Å²) in [4.78, 5) is 25.3. The number of nitro benzene ring substituents is 1. The molecule has 1 unspecified atom stereocenters. The molecule has 1 atom stereocenters. The summed E-state index contributed by atoms with van der Waals surface area (Å²) < 4.78 is 27.8. The molecule has 1 N–H and O–H groups in total. The Morgan fingerprint density at radius 2 is 1.76 bits per heavy atom. The van der Waals surface area contributed by atoms with Crippen LogP contribution in [0.15, 0.2) is 77.7 Å². The minimum Gasteiger partial charge on any atom is -0.332 e. The summed E-state index contributed by atoms with van der Waals surface area (Å²) >= 11 is 0. The maximum Gasteiger partial charge on any atom is 0.273 e. The molecule has 9 heteroatoms. The fraction of sp³-hybridized carbons (Fsp3) is 0.208. The van der Waals surface area contributed by atoms with Crippen LogP contribution in [-0.2, 0) is 10.0 Å². The van der Waals surface area contributed by atoms with Gasteiger partial charge >= 0.3 is 0 Å². The number of amides is 1. The molecule has 1 amide bonds. The summed E-state index contributed by atoms with van der Waals surface area (Å²) in [7, 11) is -4.03. The molecule has 33 heavy (non-hydrogen) atoms. The zero-order chi connectivity index (χ0) is 23.6. The number of aryl methyl sites for hydroxylation is 1. The van der Waals surface area contributed by atoms with Crippen LogP contribution in [0.4, 0.5) is 11.4 Å². The fourth-order valence-electron chi connectivity index (χ4n) is 4.05. The molecule has 8 nitrogen and oxygen atoms in total. The Labute approximate surface area is 192 Å². The fourth-order valence-corrected chi connectivity index (χ4v) is 5.12. The second-order valence-electron chi connectivity index (χ2n) is 7.96. The van der Waals surface area contributed by atoms with Gasteiger partial charge in [0.25, 0.3) is 21.6 Å². The van der Waals surface area contributed by atoms with E-state index in [9.17, 15) is 23.3 Å². The Bertz CT molecular complexity index is 1290. The van der Waals surface area contributed by atoms with Crippen molar-refractivity contribution in [1.82, 2.24) is 4.90 Å². The normalized spacial score (nSPS) is 15.9. The second-order valence-corrected chi connectivity index (χ2v) is 9.64. The Kier molecular flexibility index (Phi) is 6.15. The van der Waals surface area contributed by atoms with Crippen molar-refractivity contribution in [3.8, 4) is 0 Å². The van der Waals surface area contributed by atoms with Gasteiger partial charge in [0.1, 0.15) is 0 Å². The van der Waals surface area contributed by atoms with Crippen LogP contribution in [0.25, 0.3) is 0 Å². The van der Waals surface area contributed by atoms with Crippen LogP contribution in [0.2, 0.25) is 0 Å². The van der Waals surface area contributed by atoms with Gasteiger partial charge in [-0.15, -0.1) is 0 Å². The van der Waals surface area contributed by atoms with Crippen molar-refractivity contribution < 1.29 is 18.1 Å². The molecule has 3 aromatic rings. The van der Waals surface area contributed by atoms with Crippen molar-refractivity contribution in [3.63, 3.8) is 0 Å². The molecule has 0 spiro atoms. The summed E-state index contributed by atoms with van der Waals surface area (Å²) in [6, 6.07) is 19.9. The number of hydrogen-bond donors (Lipinski definition) is 1. The average Bonchev–Trinajstić information content (AvgIpc) is 3.29. The number of benzene rings is 3. The quantitative estimate of drug-likeness (QED) is 0.420. The summed E-state index contributed by atoms with van der Waals surface area (Å²) in [6.45, 7) is 2.21. The lowest BCUT2D eigenvalue weighted by atomic mass is 10.0. The van der Waals surface area contributed by atoms with Crippen molar-refractivity contribution in [2.75, 3.05) is 11.3 Å². The van der Waals surface area contributed by atoms with Crippen LogP contribution in [0, 0.1) is 17.0 Å². The first-order chi connectivity index (χ1) is 15.8. The Morgan fingerprint density at radius 1 is 1.06 bits per heavy atom. The van der Waals surface area contributed by atoms with Gasteiger partial charge in [0.05, 0.1) is 15.9 Å². The van der Waals surface area contributed by atoms with E-state index in [1.54, 1.807) is 19.1 Å². The topological polar surface area (TPSA) is 110 Å². The van der Waals surface area contributed by atoms with Crippen LogP contribution in [0.1, 0.15) is 40.4 Å². The monoisotopic (exact) mass is 465 g/mol. The molecule has 0 radical (unpaired) electrons. The molecular formula is C24H23N3O5S. The number of nitrogens with one attached hydrogen (secondary N) is 1. The first kappa shape index (κ1) is 22.5. The largest absolute Gasteiger partial charge is 0.332 e. The van der Waals surface area contributed by atoms with E-state index in [1.807, 2.05) is 35.2 Å². The number of anilines is 1. The molecule has 3 aromatic carbocycles. The number of likely N-dealkylation sites (tertiary alicyclic amines) is 1. The minimum atomic E-state index is -4.03. The first-order valence-electron chi connectivity index (χ1n) is 10.5. The predicted octanol–water partition coefficient (Wildman–Crippen LogP) is 4.68. The number of rotatable bonds is 6. The van der Waals surface area contributed by atoms with Crippen LogP contribution < -0.4 is 4.72 Å². The van der Waals surface area contributed by atoms with Gasteiger partial charge in [-0.25, -0.2) is 8.42 Å². The zero-order valence-electron chi connectivity index (χ0n) is 18.0. The SMILES string of the molecule is Cc1ccc(S(=O)(=O)Nc2ccc(C(=O)N3CCCC3c3ccccc3)cc2)cc1[N+](=O)[O-]. The van der Waals surface area contributed by atoms with Gasteiger partial charge in [-0.05, 0) is 55.7 Å².